The molecule has 0 aromatic heterocycles. The van der Waals surface area contributed by atoms with Gasteiger partial charge in [0.05, 0.1) is 5.02 Å². The minimum Gasteiger partial charge on any atom is -0.481 e. The number of carboxylic acids is 1. The van der Waals surface area contributed by atoms with Gasteiger partial charge in [0.2, 0.25) is 0 Å². The summed E-state index contributed by atoms with van der Waals surface area (Å²) in [4.78, 5) is 10.6. The van der Waals surface area contributed by atoms with E-state index < -0.39 is 11.8 Å². The first-order valence-electron chi connectivity index (χ1n) is 5.82. The van der Waals surface area contributed by atoms with Crippen molar-refractivity contribution in [3.63, 3.8) is 0 Å². The number of hydrogen-bond acceptors (Lipinski definition) is 1. The fourth-order valence-electron chi connectivity index (χ4n) is 1.83. The Balaban J connectivity index is 2.27. The van der Waals surface area contributed by atoms with Crippen LogP contribution < -0.4 is 0 Å². The first kappa shape index (κ1) is 13.6. The Bertz CT molecular complexity index is 611. The van der Waals surface area contributed by atoms with Crippen LogP contribution in [0.2, 0.25) is 5.02 Å². The number of halogens is 2. The van der Waals surface area contributed by atoms with Gasteiger partial charge in [-0.1, -0.05) is 41.9 Å². The molecule has 0 bridgehead atoms. The smallest absolute Gasteiger partial charge is 0.303 e. The molecule has 0 saturated carbocycles. The zero-order valence-corrected chi connectivity index (χ0v) is 10.8. The van der Waals surface area contributed by atoms with Crippen LogP contribution >= 0.6 is 11.6 Å². The molecule has 0 amide bonds. The quantitative estimate of drug-likeness (QED) is 0.912. The third-order valence-electron chi connectivity index (χ3n) is 2.81. The van der Waals surface area contributed by atoms with Crippen molar-refractivity contribution in [2.24, 2.45) is 0 Å². The number of aryl methyl sites for hydroxylation is 1. The van der Waals surface area contributed by atoms with Crippen LogP contribution in [0.3, 0.4) is 0 Å². The molecule has 19 heavy (non-hydrogen) atoms. The minimum atomic E-state index is -0.824. The van der Waals surface area contributed by atoms with Crippen molar-refractivity contribution in [3.8, 4) is 11.1 Å². The van der Waals surface area contributed by atoms with Crippen LogP contribution in [0.1, 0.15) is 12.0 Å². The first-order valence-corrected chi connectivity index (χ1v) is 6.20. The second kappa shape index (κ2) is 5.85. The molecule has 2 aromatic rings. The van der Waals surface area contributed by atoms with Crippen LogP contribution in [0.5, 0.6) is 0 Å². The molecule has 1 N–H and O–H groups in total. The SMILES string of the molecule is O=C(O)CCc1cccc(-c2ccc(F)c(Cl)c2)c1. The highest BCUT2D eigenvalue weighted by molar-refractivity contribution is 6.31. The highest BCUT2D eigenvalue weighted by Gasteiger charge is 2.05. The predicted octanol–water partition coefficient (Wildman–Crippen LogP) is 4.16. The lowest BCUT2D eigenvalue weighted by atomic mass is 10.0. The summed E-state index contributed by atoms with van der Waals surface area (Å²) in [7, 11) is 0. The molecule has 0 unspecified atom stereocenters. The van der Waals surface area contributed by atoms with Crippen LogP contribution in [0.25, 0.3) is 11.1 Å². The van der Waals surface area contributed by atoms with Gasteiger partial charge < -0.3 is 5.11 Å². The Morgan fingerprint density at radius 3 is 2.58 bits per heavy atom. The molecule has 2 nitrogen and oxygen atoms in total. The van der Waals surface area contributed by atoms with Gasteiger partial charge in [-0.15, -0.1) is 0 Å². The Hall–Kier alpha value is -1.87. The van der Waals surface area contributed by atoms with E-state index in [0.29, 0.717) is 6.42 Å². The average Bonchev–Trinajstić information content (AvgIpc) is 2.40. The summed E-state index contributed by atoms with van der Waals surface area (Å²) in [5.74, 6) is -1.28. The van der Waals surface area contributed by atoms with E-state index in [1.807, 2.05) is 24.3 Å². The molecule has 0 heterocycles. The fraction of sp³-hybridized carbons (Fsp3) is 0.133. The maximum Gasteiger partial charge on any atom is 0.303 e. The number of carboxylic acid groups (broad SMARTS) is 1. The van der Waals surface area contributed by atoms with Gasteiger partial charge in [0.15, 0.2) is 0 Å². The van der Waals surface area contributed by atoms with Gasteiger partial charge in [-0.05, 0) is 35.2 Å². The van der Waals surface area contributed by atoms with E-state index in [9.17, 15) is 9.18 Å². The number of benzene rings is 2. The van der Waals surface area contributed by atoms with E-state index >= 15 is 0 Å². The minimum absolute atomic E-state index is 0.0773. The van der Waals surface area contributed by atoms with Crippen molar-refractivity contribution in [1.82, 2.24) is 0 Å². The van der Waals surface area contributed by atoms with Crippen LogP contribution in [-0.2, 0) is 11.2 Å². The molecule has 0 aliphatic rings. The van der Waals surface area contributed by atoms with Gasteiger partial charge in [-0.2, -0.15) is 0 Å². The Kier molecular flexibility index (Phi) is 4.17. The maximum absolute atomic E-state index is 13.1. The molecule has 0 radical (unpaired) electrons. The fourth-order valence-corrected chi connectivity index (χ4v) is 2.01. The standard InChI is InChI=1S/C15H12ClFO2/c16-13-9-12(5-6-14(13)17)11-3-1-2-10(8-11)4-7-15(18)19/h1-3,5-6,8-9H,4,7H2,(H,18,19). The molecule has 4 heteroatoms. The second-order valence-corrected chi connectivity index (χ2v) is 4.63. The summed E-state index contributed by atoms with van der Waals surface area (Å²) in [5, 5.41) is 8.75. The van der Waals surface area contributed by atoms with E-state index in [1.165, 1.54) is 6.07 Å². The third-order valence-corrected chi connectivity index (χ3v) is 3.10. The molecule has 0 aliphatic carbocycles. The summed E-state index contributed by atoms with van der Waals surface area (Å²) in [6, 6.07) is 12.0. The van der Waals surface area contributed by atoms with Crippen molar-refractivity contribution < 1.29 is 14.3 Å². The van der Waals surface area contributed by atoms with Gasteiger partial charge >= 0.3 is 5.97 Å². The molecule has 0 aliphatic heterocycles. The molecule has 0 spiro atoms. The van der Waals surface area contributed by atoms with Crippen molar-refractivity contribution in [2.45, 2.75) is 12.8 Å². The van der Waals surface area contributed by atoms with Crippen LogP contribution in [0.15, 0.2) is 42.5 Å². The van der Waals surface area contributed by atoms with E-state index in [0.717, 1.165) is 16.7 Å². The van der Waals surface area contributed by atoms with Gasteiger partial charge in [-0.3, -0.25) is 4.79 Å². The van der Waals surface area contributed by atoms with Gasteiger partial charge in [-0.25, -0.2) is 4.39 Å². The topological polar surface area (TPSA) is 37.3 Å². The normalized spacial score (nSPS) is 10.4. The lowest BCUT2D eigenvalue weighted by Crippen LogP contribution is -1.97. The summed E-state index contributed by atoms with van der Waals surface area (Å²) < 4.78 is 13.1. The van der Waals surface area contributed by atoms with Crippen molar-refractivity contribution in [1.29, 1.82) is 0 Å². The number of carbonyl (C=O) groups is 1. The van der Waals surface area contributed by atoms with E-state index in [4.69, 9.17) is 16.7 Å². The molecule has 2 aromatic carbocycles. The van der Waals surface area contributed by atoms with Crippen molar-refractivity contribution in [2.75, 3.05) is 0 Å². The number of aliphatic carboxylic acids is 1. The van der Waals surface area contributed by atoms with E-state index in [2.05, 4.69) is 0 Å². The lowest BCUT2D eigenvalue weighted by Gasteiger charge is -2.06. The van der Waals surface area contributed by atoms with Crippen LogP contribution in [-0.4, -0.2) is 11.1 Å². The molecule has 98 valence electrons. The first-order chi connectivity index (χ1) is 9.06. The zero-order valence-electron chi connectivity index (χ0n) is 10.1. The summed E-state index contributed by atoms with van der Waals surface area (Å²) >= 11 is 5.75. The average molecular weight is 279 g/mol. The largest absolute Gasteiger partial charge is 0.481 e. The maximum atomic E-state index is 13.1. The van der Waals surface area contributed by atoms with Crippen LogP contribution in [0.4, 0.5) is 4.39 Å². The van der Waals surface area contributed by atoms with E-state index in [-0.39, 0.29) is 11.4 Å². The van der Waals surface area contributed by atoms with Gasteiger partial charge in [0.1, 0.15) is 5.82 Å². The van der Waals surface area contributed by atoms with Crippen molar-refractivity contribution in [3.05, 3.63) is 58.9 Å². The Morgan fingerprint density at radius 2 is 1.89 bits per heavy atom. The predicted molar refractivity (Wildman–Crippen MR) is 72.8 cm³/mol. The zero-order chi connectivity index (χ0) is 13.8. The highest BCUT2D eigenvalue weighted by atomic mass is 35.5. The molecular formula is C15H12ClFO2. The van der Waals surface area contributed by atoms with Crippen molar-refractivity contribution >= 4 is 17.6 Å². The molecule has 0 saturated heterocycles. The molecule has 2 rings (SSSR count). The second-order valence-electron chi connectivity index (χ2n) is 4.22. The number of hydrogen-bond donors (Lipinski definition) is 1. The summed E-state index contributed by atoms with van der Waals surface area (Å²) in [6.45, 7) is 0. The molecule has 0 fully saturated rings. The van der Waals surface area contributed by atoms with Crippen LogP contribution in [0, 0.1) is 5.82 Å². The highest BCUT2D eigenvalue weighted by Crippen LogP contribution is 2.25. The number of rotatable bonds is 4. The third kappa shape index (κ3) is 3.55. The van der Waals surface area contributed by atoms with Gasteiger partial charge in [0.25, 0.3) is 0 Å². The van der Waals surface area contributed by atoms with Gasteiger partial charge in [0, 0.05) is 6.42 Å². The molecule has 0 atom stereocenters. The lowest BCUT2D eigenvalue weighted by molar-refractivity contribution is -0.136. The Morgan fingerprint density at radius 1 is 1.16 bits per heavy atom. The van der Waals surface area contributed by atoms with E-state index in [1.54, 1.807) is 12.1 Å². The molecular weight excluding hydrogens is 267 g/mol. The Labute approximate surface area is 115 Å². The monoisotopic (exact) mass is 278 g/mol. The summed E-state index contributed by atoms with van der Waals surface area (Å²) in [5.41, 5.74) is 2.63. The summed E-state index contributed by atoms with van der Waals surface area (Å²) in [6.07, 6.45) is 0.561.